The van der Waals surface area contributed by atoms with Gasteiger partial charge in [-0.1, -0.05) is 42.5 Å². The molecule has 0 aliphatic carbocycles. The first-order valence-electron chi connectivity index (χ1n) is 11.0. The number of anilines is 1. The molecule has 1 unspecified atom stereocenters. The minimum absolute atomic E-state index is 0.131. The summed E-state index contributed by atoms with van der Waals surface area (Å²) in [6.45, 7) is 1.45. The van der Waals surface area contributed by atoms with Crippen LogP contribution in [0.2, 0.25) is 0 Å². The normalized spacial score (nSPS) is 17.7. The molecule has 0 saturated heterocycles. The summed E-state index contributed by atoms with van der Waals surface area (Å²) in [6, 6.07) is 16.6. The largest absolute Gasteiger partial charge is 0.481 e. The highest BCUT2D eigenvalue weighted by atomic mass is 19.1. The molecule has 3 aromatic rings. The lowest BCUT2D eigenvalue weighted by Gasteiger charge is -2.26. The number of nitrogens with one attached hydrogen (secondary N) is 3. The third-order valence-electron chi connectivity index (χ3n) is 5.47. The highest BCUT2D eigenvalue weighted by Crippen LogP contribution is 2.34. The summed E-state index contributed by atoms with van der Waals surface area (Å²) < 4.78 is 32.9. The Bertz CT molecular complexity index is 1230. The van der Waals surface area contributed by atoms with E-state index in [-0.39, 0.29) is 12.0 Å². The summed E-state index contributed by atoms with van der Waals surface area (Å²) in [7, 11) is 0. The smallest absolute Gasteiger partial charge is 0.251 e. The van der Waals surface area contributed by atoms with Crippen molar-refractivity contribution in [3.8, 4) is 5.75 Å². The highest BCUT2D eigenvalue weighted by Gasteiger charge is 2.37. The molecule has 180 valence electrons. The van der Waals surface area contributed by atoms with Gasteiger partial charge >= 0.3 is 0 Å². The third-order valence-corrected chi connectivity index (χ3v) is 5.47. The molecule has 0 bridgehead atoms. The number of carbonyl (C=O) groups is 3. The maximum absolute atomic E-state index is 13.4. The van der Waals surface area contributed by atoms with Gasteiger partial charge in [0.1, 0.15) is 29.5 Å². The summed E-state index contributed by atoms with van der Waals surface area (Å²) in [5.74, 6) is -2.86. The number of hydrogen-bond acceptors (Lipinski definition) is 4. The van der Waals surface area contributed by atoms with E-state index in [1.165, 1.54) is 6.92 Å². The van der Waals surface area contributed by atoms with E-state index in [1.54, 1.807) is 48.5 Å². The first-order valence-corrected chi connectivity index (χ1v) is 11.0. The van der Waals surface area contributed by atoms with Crippen molar-refractivity contribution in [2.24, 2.45) is 0 Å². The second kappa shape index (κ2) is 10.3. The van der Waals surface area contributed by atoms with E-state index >= 15 is 0 Å². The maximum atomic E-state index is 13.4. The fourth-order valence-electron chi connectivity index (χ4n) is 3.80. The summed E-state index contributed by atoms with van der Waals surface area (Å²) >= 11 is 0. The van der Waals surface area contributed by atoms with Gasteiger partial charge in [-0.25, -0.2) is 8.78 Å². The van der Waals surface area contributed by atoms with Crippen LogP contribution in [0, 0.1) is 11.6 Å². The van der Waals surface area contributed by atoms with Gasteiger partial charge in [0.15, 0.2) is 6.10 Å². The van der Waals surface area contributed by atoms with Crippen molar-refractivity contribution in [1.29, 1.82) is 0 Å². The Labute approximate surface area is 200 Å². The van der Waals surface area contributed by atoms with Crippen LogP contribution in [0.3, 0.4) is 0 Å². The van der Waals surface area contributed by atoms with Gasteiger partial charge in [-0.15, -0.1) is 0 Å². The van der Waals surface area contributed by atoms with E-state index in [2.05, 4.69) is 16.0 Å². The molecule has 4 rings (SSSR count). The fourth-order valence-corrected chi connectivity index (χ4v) is 3.80. The van der Waals surface area contributed by atoms with Gasteiger partial charge in [-0.3, -0.25) is 14.4 Å². The zero-order valence-electron chi connectivity index (χ0n) is 18.8. The fraction of sp³-hybridized carbons (Fsp3) is 0.192. The van der Waals surface area contributed by atoms with Gasteiger partial charge in [-0.05, 0) is 42.3 Å². The van der Waals surface area contributed by atoms with E-state index in [0.717, 1.165) is 12.1 Å². The summed E-state index contributed by atoms with van der Waals surface area (Å²) in [5, 5.41) is 7.92. The molecule has 0 spiro atoms. The summed E-state index contributed by atoms with van der Waals surface area (Å²) in [5.41, 5.74) is 1.28. The molecule has 9 heteroatoms. The number of ether oxygens (including phenoxy) is 1. The Hall–Kier alpha value is -4.27. The van der Waals surface area contributed by atoms with Gasteiger partial charge in [-0.2, -0.15) is 0 Å². The Balaban J connectivity index is 1.48. The monoisotopic (exact) mass is 479 g/mol. The van der Waals surface area contributed by atoms with Crippen LogP contribution in [-0.2, 0) is 20.8 Å². The predicted molar refractivity (Wildman–Crippen MR) is 124 cm³/mol. The number of para-hydroxylation sites is 2. The number of amides is 3. The van der Waals surface area contributed by atoms with E-state index in [1.807, 2.05) is 6.07 Å². The molecule has 0 fully saturated rings. The lowest BCUT2D eigenvalue weighted by molar-refractivity contribution is -0.131. The zero-order chi connectivity index (χ0) is 24.9. The van der Waals surface area contributed by atoms with Gasteiger partial charge in [0.25, 0.3) is 5.91 Å². The van der Waals surface area contributed by atoms with Crippen LogP contribution < -0.4 is 20.7 Å². The molecule has 7 nitrogen and oxygen atoms in total. The van der Waals surface area contributed by atoms with Crippen LogP contribution in [0.5, 0.6) is 5.75 Å². The van der Waals surface area contributed by atoms with Crippen LogP contribution >= 0.6 is 0 Å². The predicted octanol–water partition coefficient (Wildman–Crippen LogP) is 3.27. The molecule has 3 N–H and O–H groups in total. The van der Waals surface area contributed by atoms with Crippen LogP contribution in [0.25, 0.3) is 0 Å². The molecule has 0 aromatic heterocycles. The van der Waals surface area contributed by atoms with Crippen molar-refractivity contribution in [2.75, 3.05) is 5.32 Å². The second-order valence-electron chi connectivity index (χ2n) is 8.16. The SMILES string of the molecule is CC(NC(=O)Cc1cc(F)cc(F)c1)C(=O)N[C@@H]1C(=O)Nc2ccccc2O[C@@H]1c1ccccc1. The summed E-state index contributed by atoms with van der Waals surface area (Å²) in [4.78, 5) is 38.4. The van der Waals surface area contributed by atoms with Crippen LogP contribution in [-0.4, -0.2) is 29.8 Å². The number of rotatable bonds is 6. The van der Waals surface area contributed by atoms with Gasteiger partial charge < -0.3 is 20.7 Å². The topological polar surface area (TPSA) is 96.5 Å². The molecule has 3 aromatic carbocycles. The Kier molecular flexibility index (Phi) is 7.05. The molecule has 1 heterocycles. The van der Waals surface area contributed by atoms with Crippen molar-refractivity contribution in [1.82, 2.24) is 10.6 Å². The highest BCUT2D eigenvalue weighted by molar-refractivity contribution is 6.00. The van der Waals surface area contributed by atoms with Crippen LogP contribution in [0.15, 0.2) is 72.8 Å². The van der Waals surface area contributed by atoms with Crippen molar-refractivity contribution in [3.05, 3.63) is 95.6 Å². The van der Waals surface area contributed by atoms with E-state index in [4.69, 9.17) is 4.74 Å². The average Bonchev–Trinajstić information content (AvgIpc) is 2.95. The van der Waals surface area contributed by atoms with Crippen molar-refractivity contribution in [2.45, 2.75) is 31.5 Å². The second-order valence-corrected chi connectivity index (χ2v) is 8.16. The molecular weight excluding hydrogens is 456 g/mol. The minimum Gasteiger partial charge on any atom is -0.481 e. The van der Waals surface area contributed by atoms with Gasteiger partial charge in [0, 0.05) is 6.07 Å². The maximum Gasteiger partial charge on any atom is 0.251 e. The molecule has 35 heavy (non-hydrogen) atoms. The van der Waals surface area contributed by atoms with E-state index in [9.17, 15) is 23.2 Å². The number of carbonyl (C=O) groups excluding carboxylic acids is 3. The standard InChI is InChI=1S/C26H23F2N3O4/c1-15(29-22(32)13-16-11-18(27)14-19(28)12-16)25(33)31-23-24(17-7-3-2-4-8-17)35-21-10-6-5-9-20(21)30-26(23)34/h2-12,14-15,23-24H,13H2,1H3,(H,29,32)(H,30,34)(H,31,33)/t15?,23-,24+/m0/s1. The summed E-state index contributed by atoms with van der Waals surface area (Å²) in [6.07, 6.45) is -1.15. The molecule has 3 amide bonds. The molecule has 1 aliphatic heterocycles. The van der Waals surface area contributed by atoms with Crippen LogP contribution in [0.1, 0.15) is 24.2 Å². The number of benzene rings is 3. The third kappa shape index (κ3) is 5.81. The molecular formula is C26H23F2N3O4. The Morgan fingerprint density at radius 1 is 1.00 bits per heavy atom. The van der Waals surface area contributed by atoms with Crippen molar-refractivity contribution in [3.63, 3.8) is 0 Å². The lowest BCUT2D eigenvalue weighted by Crippen LogP contribution is -2.54. The molecule has 3 atom stereocenters. The zero-order valence-corrected chi connectivity index (χ0v) is 18.8. The minimum atomic E-state index is -1.10. The number of fused-ring (bicyclic) bond motifs is 1. The molecule has 1 aliphatic rings. The van der Waals surface area contributed by atoms with Crippen LogP contribution in [0.4, 0.5) is 14.5 Å². The average molecular weight is 479 g/mol. The number of hydrogen-bond donors (Lipinski definition) is 3. The van der Waals surface area contributed by atoms with Gasteiger partial charge in [0.2, 0.25) is 11.8 Å². The molecule has 0 saturated carbocycles. The first-order chi connectivity index (χ1) is 16.8. The van der Waals surface area contributed by atoms with Crippen molar-refractivity contribution >= 4 is 23.4 Å². The first kappa shape index (κ1) is 23.9. The number of halogens is 2. The molecule has 0 radical (unpaired) electrons. The Morgan fingerprint density at radius 3 is 2.37 bits per heavy atom. The lowest BCUT2D eigenvalue weighted by atomic mass is 10.0. The van der Waals surface area contributed by atoms with E-state index in [0.29, 0.717) is 23.1 Å². The van der Waals surface area contributed by atoms with E-state index < -0.39 is 47.5 Å². The quantitative estimate of drug-likeness (QED) is 0.506. The Morgan fingerprint density at radius 2 is 1.66 bits per heavy atom. The van der Waals surface area contributed by atoms with Gasteiger partial charge in [0.05, 0.1) is 12.1 Å². The van der Waals surface area contributed by atoms with Crippen molar-refractivity contribution < 1.29 is 27.9 Å².